The summed E-state index contributed by atoms with van der Waals surface area (Å²) in [6.45, 7) is 0.811. The lowest BCUT2D eigenvalue weighted by molar-refractivity contribution is -0.109. The first-order valence-corrected chi connectivity index (χ1v) is 8.34. The second-order valence-electron chi connectivity index (χ2n) is 5.89. The number of carbonyl (C=O) groups is 1. The number of hydrogen-bond acceptors (Lipinski definition) is 3. The third-order valence-corrected chi connectivity index (χ3v) is 5.51. The Morgan fingerprint density at radius 1 is 1.38 bits per heavy atom. The molecule has 1 saturated heterocycles. The molecule has 1 fully saturated rings. The summed E-state index contributed by atoms with van der Waals surface area (Å²) in [5, 5.41) is 5.62. The average Bonchev–Trinajstić information content (AvgIpc) is 3.12. The van der Waals surface area contributed by atoms with Gasteiger partial charge in [-0.2, -0.15) is 5.10 Å². The van der Waals surface area contributed by atoms with Crippen LogP contribution in [0.2, 0.25) is 0 Å². The highest BCUT2D eigenvalue weighted by Crippen LogP contribution is 2.42. The van der Waals surface area contributed by atoms with E-state index >= 15 is 0 Å². The highest BCUT2D eigenvalue weighted by molar-refractivity contribution is 9.10. The molecule has 4 rings (SSSR count). The van der Waals surface area contributed by atoms with Crippen LogP contribution in [0.1, 0.15) is 49.0 Å². The number of fused-ring (bicyclic) bond motifs is 2. The van der Waals surface area contributed by atoms with Crippen molar-refractivity contribution in [1.82, 2.24) is 9.78 Å². The van der Waals surface area contributed by atoms with Crippen LogP contribution >= 0.6 is 15.9 Å². The molecule has 0 bridgehead atoms. The fourth-order valence-electron chi connectivity index (χ4n) is 3.56. The second-order valence-corrected chi connectivity index (χ2v) is 6.68. The van der Waals surface area contributed by atoms with Gasteiger partial charge >= 0.3 is 0 Å². The molecule has 0 spiro atoms. The van der Waals surface area contributed by atoms with E-state index in [0.29, 0.717) is 0 Å². The van der Waals surface area contributed by atoms with E-state index in [2.05, 4.69) is 27.1 Å². The zero-order valence-electron chi connectivity index (χ0n) is 11.7. The first-order valence-electron chi connectivity index (χ1n) is 7.55. The standard InChI is InChI=1S/C16H17BrN2O2/c17-16-12-8-18-19(14-3-1-2-6-21-14)13(12)7-10-4-5-11(9-20)15(10)16/h7-9,11,14H,1-6H2. The van der Waals surface area contributed by atoms with Gasteiger partial charge in [-0.15, -0.1) is 0 Å². The second kappa shape index (κ2) is 5.21. The molecule has 2 aromatic rings. The molecular weight excluding hydrogens is 332 g/mol. The van der Waals surface area contributed by atoms with Crippen LogP contribution in [-0.2, 0) is 16.0 Å². The molecule has 0 amide bonds. The van der Waals surface area contributed by atoms with Crippen LogP contribution in [0.5, 0.6) is 0 Å². The van der Waals surface area contributed by atoms with Crippen molar-refractivity contribution in [2.45, 2.75) is 44.2 Å². The number of rotatable bonds is 2. The summed E-state index contributed by atoms with van der Waals surface area (Å²) in [5.41, 5.74) is 3.53. The molecule has 4 nitrogen and oxygen atoms in total. The first-order chi connectivity index (χ1) is 10.3. The minimum Gasteiger partial charge on any atom is -0.356 e. The molecule has 1 aromatic heterocycles. The van der Waals surface area contributed by atoms with Crippen molar-refractivity contribution in [2.24, 2.45) is 0 Å². The van der Waals surface area contributed by atoms with Gasteiger partial charge in [0.25, 0.3) is 0 Å². The Kier molecular flexibility index (Phi) is 3.34. The molecule has 110 valence electrons. The Balaban J connectivity index is 1.86. The quantitative estimate of drug-likeness (QED) is 0.776. The van der Waals surface area contributed by atoms with Crippen molar-refractivity contribution < 1.29 is 9.53 Å². The van der Waals surface area contributed by atoms with E-state index in [0.717, 1.165) is 59.5 Å². The maximum Gasteiger partial charge on any atom is 0.150 e. The number of halogens is 1. The molecule has 2 aliphatic rings. The van der Waals surface area contributed by atoms with Crippen LogP contribution in [0.4, 0.5) is 0 Å². The summed E-state index contributed by atoms with van der Waals surface area (Å²) in [6, 6.07) is 2.20. The maximum absolute atomic E-state index is 11.2. The van der Waals surface area contributed by atoms with Crippen molar-refractivity contribution in [3.8, 4) is 0 Å². The van der Waals surface area contributed by atoms with Crippen LogP contribution in [0.25, 0.3) is 10.9 Å². The fourth-order valence-corrected chi connectivity index (χ4v) is 4.41. The summed E-state index contributed by atoms with van der Waals surface area (Å²) >= 11 is 3.70. The summed E-state index contributed by atoms with van der Waals surface area (Å²) < 4.78 is 8.90. The molecule has 2 atom stereocenters. The van der Waals surface area contributed by atoms with Gasteiger partial charge in [-0.3, -0.25) is 0 Å². The summed E-state index contributed by atoms with van der Waals surface area (Å²) in [4.78, 5) is 11.2. The number of hydrogen-bond donors (Lipinski definition) is 0. The lowest BCUT2D eigenvalue weighted by Crippen LogP contribution is -2.19. The van der Waals surface area contributed by atoms with E-state index in [9.17, 15) is 4.79 Å². The third kappa shape index (κ3) is 2.06. The molecule has 1 aliphatic carbocycles. The SMILES string of the molecule is O=CC1CCc2cc3c(cnn3C3CCCCO3)c(Br)c21. The highest BCUT2D eigenvalue weighted by atomic mass is 79.9. The number of aryl methyl sites for hydroxylation is 1. The van der Waals surface area contributed by atoms with Gasteiger partial charge in [0.15, 0.2) is 6.23 Å². The molecule has 0 N–H and O–H groups in total. The molecule has 1 aliphatic heterocycles. The highest BCUT2D eigenvalue weighted by Gasteiger charge is 2.28. The minimum absolute atomic E-state index is 0.0213. The van der Waals surface area contributed by atoms with Gasteiger partial charge in [0.2, 0.25) is 0 Å². The van der Waals surface area contributed by atoms with Gasteiger partial charge in [-0.25, -0.2) is 4.68 Å². The Morgan fingerprint density at radius 2 is 2.29 bits per heavy atom. The first kappa shape index (κ1) is 13.5. The van der Waals surface area contributed by atoms with E-state index in [1.807, 2.05) is 10.9 Å². The summed E-state index contributed by atoms with van der Waals surface area (Å²) in [6.07, 6.45) is 8.21. The molecule has 0 saturated carbocycles. The molecule has 2 heterocycles. The van der Waals surface area contributed by atoms with Crippen molar-refractivity contribution in [3.05, 3.63) is 27.9 Å². The maximum atomic E-state index is 11.2. The predicted molar refractivity (Wildman–Crippen MR) is 83.4 cm³/mol. The molecular formula is C16H17BrN2O2. The molecule has 5 heteroatoms. The van der Waals surface area contributed by atoms with Gasteiger partial charge in [0.05, 0.1) is 11.7 Å². The van der Waals surface area contributed by atoms with Crippen molar-refractivity contribution in [2.75, 3.05) is 6.61 Å². The van der Waals surface area contributed by atoms with E-state index in [1.165, 1.54) is 12.0 Å². The third-order valence-electron chi connectivity index (χ3n) is 4.65. The van der Waals surface area contributed by atoms with Crippen LogP contribution in [-0.4, -0.2) is 22.7 Å². The topological polar surface area (TPSA) is 44.1 Å². The lowest BCUT2D eigenvalue weighted by Gasteiger charge is -2.23. The number of ether oxygens (including phenoxy) is 1. The Bertz CT molecular complexity index is 704. The van der Waals surface area contributed by atoms with Crippen molar-refractivity contribution in [1.29, 1.82) is 0 Å². The smallest absolute Gasteiger partial charge is 0.150 e. The average molecular weight is 349 g/mol. The fraction of sp³-hybridized carbons (Fsp3) is 0.500. The van der Waals surface area contributed by atoms with E-state index < -0.39 is 0 Å². The number of aldehydes is 1. The number of aromatic nitrogens is 2. The van der Waals surface area contributed by atoms with Crippen LogP contribution in [0.15, 0.2) is 16.7 Å². The number of carbonyl (C=O) groups excluding carboxylic acids is 1. The van der Waals surface area contributed by atoms with Crippen molar-refractivity contribution in [3.63, 3.8) is 0 Å². The zero-order valence-corrected chi connectivity index (χ0v) is 13.3. The molecule has 1 aromatic carbocycles. The molecule has 2 unspecified atom stereocenters. The number of nitrogens with zero attached hydrogens (tertiary/aromatic N) is 2. The van der Waals surface area contributed by atoms with Gasteiger partial charge in [0, 0.05) is 22.4 Å². The minimum atomic E-state index is 0.0213. The van der Waals surface area contributed by atoms with Gasteiger partial charge in [-0.05, 0) is 65.2 Å². The van der Waals surface area contributed by atoms with Crippen molar-refractivity contribution >= 4 is 33.1 Å². The lowest BCUT2D eigenvalue weighted by atomic mass is 10.0. The van der Waals surface area contributed by atoms with E-state index in [4.69, 9.17) is 4.74 Å². The van der Waals surface area contributed by atoms with Gasteiger partial charge in [-0.1, -0.05) is 0 Å². The van der Waals surface area contributed by atoms with Gasteiger partial charge < -0.3 is 9.53 Å². The normalized spacial score (nSPS) is 25.2. The Hall–Kier alpha value is -1.20. The van der Waals surface area contributed by atoms with Crippen LogP contribution in [0, 0.1) is 0 Å². The summed E-state index contributed by atoms with van der Waals surface area (Å²) in [7, 11) is 0. The number of benzene rings is 1. The summed E-state index contributed by atoms with van der Waals surface area (Å²) in [5.74, 6) is 0.0213. The Labute approximate surface area is 131 Å². The molecule has 0 radical (unpaired) electrons. The molecule has 21 heavy (non-hydrogen) atoms. The van der Waals surface area contributed by atoms with E-state index in [-0.39, 0.29) is 12.1 Å². The predicted octanol–water partition coefficient (Wildman–Crippen LogP) is 3.73. The van der Waals surface area contributed by atoms with E-state index in [1.54, 1.807) is 0 Å². The Morgan fingerprint density at radius 3 is 3.05 bits per heavy atom. The largest absolute Gasteiger partial charge is 0.356 e. The van der Waals surface area contributed by atoms with Crippen LogP contribution < -0.4 is 0 Å². The monoisotopic (exact) mass is 348 g/mol. The zero-order chi connectivity index (χ0) is 14.4. The van der Waals surface area contributed by atoms with Gasteiger partial charge in [0.1, 0.15) is 6.29 Å². The van der Waals surface area contributed by atoms with Crippen LogP contribution in [0.3, 0.4) is 0 Å².